The van der Waals surface area contributed by atoms with Gasteiger partial charge in [0.1, 0.15) is 16.2 Å². The summed E-state index contributed by atoms with van der Waals surface area (Å²) in [5.41, 5.74) is 1.38. The minimum atomic E-state index is -4.05. The molecular formula is C18H17NO4S. The Labute approximate surface area is 141 Å². The molecule has 0 bridgehead atoms. The molecule has 0 radical (unpaired) electrons. The summed E-state index contributed by atoms with van der Waals surface area (Å²) in [4.78, 5) is 4.23. The van der Waals surface area contributed by atoms with E-state index in [-0.39, 0.29) is 16.4 Å². The molecule has 5 nitrogen and oxygen atoms in total. The summed E-state index contributed by atoms with van der Waals surface area (Å²) in [5.74, 6) is 0.442. The minimum Gasteiger partial charge on any atom is -0.495 e. The van der Waals surface area contributed by atoms with Crippen LogP contribution in [0.1, 0.15) is 12.5 Å². The summed E-state index contributed by atoms with van der Waals surface area (Å²) in [6.45, 7) is 1.95. The molecular weight excluding hydrogens is 326 g/mol. The van der Waals surface area contributed by atoms with Crippen molar-refractivity contribution >= 4 is 21.0 Å². The number of rotatable bonds is 5. The first-order chi connectivity index (χ1) is 11.5. The Hall–Kier alpha value is -2.60. The van der Waals surface area contributed by atoms with Crippen LogP contribution in [0.3, 0.4) is 0 Å². The summed E-state index contributed by atoms with van der Waals surface area (Å²) in [6, 6.07) is 13.8. The second-order valence-corrected chi connectivity index (χ2v) is 6.72. The van der Waals surface area contributed by atoms with E-state index in [9.17, 15) is 8.42 Å². The van der Waals surface area contributed by atoms with Crippen molar-refractivity contribution in [2.24, 2.45) is 0 Å². The van der Waals surface area contributed by atoms with Gasteiger partial charge in [0, 0.05) is 11.6 Å². The van der Waals surface area contributed by atoms with Gasteiger partial charge in [-0.25, -0.2) is 0 Å². The van der Waals surface area contributed by atoms with Crippen LogP contribution in [0.4, 0.5) is 0 Å². The lowest BCUT2D eigenvalue weighted by atomic mass is 10.2. The fraction of sp³-hybridized carbons (Fsp3) is 0.167. The molecule has 1 heterocycles. The first-order valence-corrected chi connectivity index (χ1v) is 8.91. The highest BCUT2D eigenvalue weighted by molar-refractivity contribution is 7.87. The van der Waals surface area contributed by atoms with Crippen LogP contribution in [-0.4, -0.2) is 20.5 Å². The van der Waals surface area contributed by atoms with Crippen LogP contribution in [0.5, 0.6) is 11.5 Å². The van der Waals surface area contributed by atoms with Crippen molar-refractivity contribution in [3.05, 3.63) is 60.3 Å². The van der Waals surface area contributed by atoms with Gasteiger partial charge in [0.2, 0.25) is 0 Å². The molecule has 0 unspecified atom stereocenters. The molecule has 0 aliphatic carbocycles. The molecule has 124 valence electrons. The van der Waals surface area contributed by atoms with Gasteiger partial charge in [0.25, 0.3) is 0 Å². The van der Waals surface area contributed by atoms with Crippen LogP contribution in [0.2, 0.25) is 0 Å². The molecule has 0 saturated heterocycles. The van der Waals surface area contributed by atoms with E-state index < -0.39 is 10.1 Å². The van der Waals surface area contributed by atoms with E-state index in [1.54, 1.807) is 36.5 Å². The van der Waals surface area contributed by atoms with Gasteiger partial charge in [0.05, 0.1) is 7.11 Å². The number of aryl methyl sites for hydroxylation is 1. The fourth-order valence-corrected chi connectivity index (χ4v) is 3.60. The van der Waals surface area contributed by atoms with Crippen LogP contribution in [0.15, 0.2) is 59.6 Å². The number of para-hydroxylation sites is 1. The number of hydrogen-bond acceptors (Lipinski definition) is 5. The lowest BCUT2D eigenvalue weighted by Gasteiger charge is -2.12. The molecule has 6 heteroatoms. The molecule has 3 rings (SSSR count). The van der Waals surface area contributed by atoms with Gasteiger partial charge in [0.15, 0.2) is 5.75 Å². The monoisotopic (exact) mass is 343 g/mol. The molecule has 24 heavy (non-hydrogen) atoms. The predicted octanol–water partition coefficient (Wildman–Crippen LogP) is 3.57. The van der Waals surface area contributed by atoms with E-state index in [0.29, 0.717) is 11.9 Å². The molecule has 3 aromatic rings. The normalized spacial score (nSPS) is 11.4. The lowest BCUT2D eigenvalue weighted by molar-refractivity contribution is 0.398. The fourth-order valence-electron chi connectivity index (χ4n) is 2.44. The Balaban J connectivity index is 2.08. The Morgan fingerprint density at radius 3 is 2.58 bits per heavy atom. The van der Waals surface area contributed by atoms with Gasteiger partial charge in [-0.1, -0.05) is 31.2 Å². The summed E-state index contributed by atoms with van der Waals surface area (Å²) >= 11 is 0. The van der Waals surface area contributed by atoms with Crippen LogP contribution >= 0.6 is 0 Å². The van der Waals surface area contributed by atoms with Gasteiger partial charge in [-0.2, -0.15) is 8.42 Å². The third-order valence-electron chi connectivity index (χ3n) is 3.70. The zero-order valence-electron chi connectivity index (χ0n) is 13.4. The highest BCUT2D eigenvalue weighted by Crippen LogP contribution is 2.30. The summed E-state index contributed by atoms with van der Waals surface area (Å²) in [5, 5.41) is 0.805. The standard InChI is InChI=1S/C18H17NO4S/c1-3-13-9-10-15(22-2)17(12-13)24(20,21)23-16-8-4-6-14-7-5-11-19-18(14)16/h4-12H,3H2,1-2H3. The Kier molecular flexibility index (Phi) is 4.40. The highest BCUT2D eigenvalue weighted by atomic mass is 32.2. The average molecular weight is 343 g/mol. The number of methoxy groups -OCH3 is 1. The number of nitrogens with zero attached hydrogens (tertiary/aromatic N) is 1. The van der Waals surface area contributed by atoms with Crippen molar-refractivity contribution in [3.8, 4) is 11.5 Å². The Morgan fingerprint density at radius 2 is 1.83 bits per heavy atom. The number of ether oxygens (including phenoxy) is 1. The molecule has 0 atom stereocenters. The maximum Gasteiger partial charge on any atom is 0.343 e. The number of fused-ring (bicyclic) bond motifs is 1. The summed E-state index contributed by atoms with van der Waals surface area (Å²) in [6.07, 6.45) is 2.31. The van der Waals surface area contributed by atoms with Crippen molar-refractivity contribution < 1.29 is 17.3 Å². The van der Waals surface area contributed by atoms with Crippen molar-refractivity contribution in [1.82, 2.24) is 4.98 Å². The maximum absolute atomic E-state index is 12.8. The van der Waals surface area contributed by atoms with E-state index in [4.69, 9.17) is 8.92 Å². The van der Waals surface area contributed by atoms with Gasteiger partial charge >= 0.3 is 10.1 Å². The minimum absolute atomic E-state index is 0.0114. The molecule has 0 amide bonds. The van der Waals surface area contributed by atoms with Crippen molar-refractivity contribution in [2.75, 3.05) is 7.11 Å². The van der Waals surface area contributed by atoms with E-state index >= 15 is 0 Å². The number of benzene rings is 2. The van der Waals surface area contributed by atoms with Gasteiger partial charge < -0.3 is 8.92 Å². The molecule has 0 aliphatic rings. The molecule has 0 N–H and O–H groups in total. The smallest absolute Gasteiger partial charge is 0.343 e. The molecule has 1 aromatic heterocycles. The van der Waals surface area contributed by atoms with Gasteiger partial charge in [-0.05, 0) is 36.2 Å². The van der Waals surface area contributed by atoms with Crippen LogP contribution in [0, 0.1) is 0 Å². The van der Waals surface area contributed by atoms with E-state index in [1.807, 2.05) is 25.1 Å². The number of aromatic nitrogens is 1. The predicted molar refractivity (Wildman–Crippen MR) is 91.9 cm³/mol. The third-order valence-corrected chi connectivity index (χ3v) is 4.96. The van der Waals surface area contributed by atoms with Crippen molar-refractivity contribution in [1.29, 1.82) is 0 Å². The first-order valence-electron chi connectivity index (χ1n) is 7.50. The SMILES string of the molecule is CCc1ccc(OC)c(S(=O)(=O)Oc2cccc3cccnc23)c1. The van der Waals surface area contributed by atoms with Crippen molar-refractivity contribution in [3.63, 3.8) is 0 Å². The van der Waals surface area contributed by atoms with E-state index in [0.717, 1.165) is 10.9 Å². The topological polar surface area (TPSA) is 65.5 Å². The molecule has 2 aromatic carbocycles. The Bertz CT molecular complexity index is 978. The van der Waals surface area contributed by atoms with Crippen LogP contribution < -0.4 is 8.92 Å². The largest absolute Gasteiger partial charge is 0.495 e. The van der Waals surface area contributed by atoms with E-state index in [1.165, 1.54) is 7.11 Å². The molecule has 0 fully saturated rings. The number of pyridine rings is 1. The van der Waals surface area contributed by atoms with Crippen LogP contribution in [0.25, 0.3) is 10.9 Å². The number of hydrogen-bond donors (Lipinski definition) is 0. The first kappa shape index (κ1) is 16.3. The van der Waals surface area contributed by atoms with Crippen LogP contribution in [-0.2, 0) is 16.5 Å². The maximum atomic E-state index is 12.8. The molecule has 0 aliphatic heterocycles. The second kappa shape index (κ2) is 6.49. The quantitative estimate of drug-likeness (QED) is 0.663. The molecule has 0 spiro atoms. The molecule has 0 saturated carbocycles. The van der Waals surface area contributed by atoms with Crippen molar-refractivity contribution in [2.45, 2.75) is 18.2 Å². The lowest BCUT2D eigenvalue weighted by Crippen LogP contribution is -2.12. The van der Waals surface area contributed by atoms with E-state index in [2.05, 4.69) is 4.98 Å². The summed E-state index contributed by atoms with van der Waals surface area (Å²) < 4.78 is 36.1. The average Bonchev–Trinajstić information content (AvgIpc) is 2.61. The highest BCUT2D eigenvalue weighted by Gasteiger charge is 2.23. The summed E-state index contributed by atoms with van der Waals surface area (Å²) in [7, 11) is -2.62. The third kappa shape index (κ3) is 3.05. The zero-order valence-corrected chi connectivity index (χ0v) is 14.2. The zero-order chi connectivity index (χ0) is 17.2. The van der Waals surface area contributed by atoms with Gasteiger partial charge in [-0.3, -0.25) is 4.98 Å². The second-order valence-electron chi connectivity index (χ2n) is 5.21. The van der Waals surface area contributed by atoms with Gasteiger partial charge in [-0.15, -0.1) is 0 Å². The Morgan fingerprint density at radius 1 is 1.04 bits per heavy atom.